The van der Waals surface area contributed by atoms with Crippen molar-refractivity contribution in [3.63, 3.8) is 0 Å². The molecule has 7 heteroatoms. The summed E-state index contributed by atoms with van der Waals surface area (Å²) in [6, 6.07) is 4.72. The van der Waals surface area contributed by atoms with E-state index in [1.54, 1.807) is 12.4 Å². The molecule has 0 aromatic carbocycles. The summed E-state index contributed by atoms with van der Waals surface area (Å²) in [5, 5.41) is 7.30. The summed E-state index contributed by atoms with van der Waals surface area (Å²) in [7, 11) is 0. The first-order valence-corrected chi connectivity index (χ1v) is 7.60. The summed E-state index contributed by atoms with van der Waals surface area (Å²) in [5.74, 6) is -0.300. The number of H-pyrrole nitrogens is 2. The number of unbranched alkanes of at least 4 members (excludes halogenated alkanes) is 1. The second-order valence-corrected chi connectivity index (χ2v) is 5.34. The van der Waals surface area contributed by atoms with Crippen molar-refractivity contribution in [2.45, 2.75) is 38.6 Å². The zero-order valence-corrected chi connectivity index (χ0v) is 13.0. The molecule has 0 aliphatic carbocycles. The number of carbonyl (C=O) groups is 1. The van der Waals surface area contributed by atoms with Gasteiger partial charge in [-0.3, -0.25) is 29.6 Å². The Bertz CT molecular complexity index is 752. The standard InChI is InChI=1S/C16H20N4O3/c1-2-3-6-13(11-5-4-7-17-10-11)18-14(21)8-12-9-15(22)19-20-16(12)23/h4-5,7,9-10,13H,2-3,6,8H2,1H3,(H,18,21)(H,19,22)(H,20,23). The summed E-state index contributed by atoms with van der Waals surface area (Å²) in [4.78, 5) is 39.2. The van der Waals surface area contributed by atoms with Crippen LogP contribution in [0.15, 0.2) is 40.2 Å². The number of hydrogen-bond donors (Lipinski definition) is 3. The number of carbonyl (C=O) groups excluding carboxylic acids is 1. The van der Waals surface area contributed by atoms with Gasteiger partial charge in [-0.25, -0.2) is 0 Å². The molecule has 2 heterocycles. The SMILES string of the molecule is CCCCC(NC(=O)Cc1cc(=O)[nH][nH]c1=O)c1cccnc1. The van der Waals surface area contributed by atoms with E-state index in [-0.39, 0.29) is 23.9 Å². The fourth-order valence-corrected chi connectivity index (χ4v) is 2.32. The lowest BCUT2D eigenvalue weighted by Crippen LogP contribution is -2.32. The molecule has 2 aromatic heterocycles. The highest BCUT2D eigenvalue weighted by Crippen LogP contribution is 2.18. The van der Waals surface area contributed by atoms with Gasteiger partial charge in [0.05, 0.1) is 12.5 Å². The van der Waals surface area contributed by atoms with Crippen LogP contribution < -0.4 is 16.4 Å². The van der Waals surface area contributed by atoms with Crippen molar-refractivity contribution in [1.29, 1.82) is 0 Å². The maximum absolute atomic E-state index is 12.2. The van der Waals surface area contributed by atoms with Gasteiger partial charge in [0.25, 0.3) is 11.1 Å². The van der Waals surface area contributed by atoms with Crippen LogP contribution in [0.2, 0.25) is 0 Å². The molecule has 0 spiro atoms. The second kappa shape index (κ2) is 8.07. The minimum absolute atomic E-state index is 0.137. The van der Waals surface area contributed by atoms with Crippen molar-refractivity contribution < 1.29 is 4.79 Å². The van der Waals surface area contributed by atoms with Crippen LogP contribution in [0.4, 0.5) is 0 Å². The third-order valence-corrected chi connectivity index (χ3v) is 3.52. The summed E-state index contributed by atoms with van der Waals surface area (Å²) >= 11 is 0. The van der Waals surface area contributed by atoms with Crippen LogP contribution in [0.1, 0.15) is 43.4 Å². The molecule has 1 atom stereocenters. The molecule has 122 valence electrons. The molecule has 0 aliphatic heterocycles. The van der Waals surface area contributed by atoms with E-state index in [1.807, 2.05) is 12.1 Å². The van der Waals surface area contributed by atoms with Gasteiger partial charge in [-0.15, -0.1) is 0 Å². The third kappa shape index (κ3) is 4.91. The number of pyridine rings is 1. The number of nitrogens with zero attached hydrogens (tertiary/aromatic N) is 1. The van der Waals surface area contributed by atoms with Gasteiger partial charge in [0.15, 0.2) is 0 Å². The highest BCUT2D eigenvalue weighted by atomic mass is 16.2. The van der Waals surface area contributed by atoms with Crippen molar-refractivity contribution in [1.82, 2.24) is 20.5 Å². The van der Waals surface area contributed by atoms with Crippen LogP contribution in [0.25, 0.3) is 0 Å². The number of rotatable bonds is 7. The third-order valence-electron chi connectivity index (χ3n) is 3.52. The Balaban J connectivity index is 2.09. The maximum Gasteiger partial charge on any atom is 0.266 e. The first kappa shape index (κ1) is 16.7. The topological polar surface area (TPSA) is 108 Å². The van der Waals surface area contributed by atoms with Gasteiger partial charge in [-0.1, -0.05) is 25.8 Å². The minimum atomic E-state index is -0.466. The largest absolute Gasteiger partial charge is 0.349 e. The molecule has 2 rings (SSSR count). The summed E-state index contributed by atoms with van der Waals surface area (Å²) < 4.78 is 0. The lowest BCUT2D eigenvalue weighted by molar-refractivity contribution is -0.121. The first-order valence-electron chi connectivity index (χ1n) is 7.60. The Kier molecular flexibility index (Phi) is 5.85. The first-order chi connectivity index (χ1) is 11.1. The summed E-state index contributed by atoms with van der Waals surface area (Å²) in [6.07, 6.45) is 6.03. The van der Waals surface area contributed by atoms with E-state index < -0.39 is 11.1 Å². The van der Waals surface area contributed by atoms with E-state index in [0.29, 0.717) is 0 Å². The van der Waals surface area contributed by atoms with Crippen molar-refractivity contribution >= 4 is 5.91 Å². The van der Waals surface area contributed by atoms with Crippen LogP contribution in [-0.2, 0) is 11.2 Å². The van der Waals surface area contributed by atoms with Crippen LogP contribution in [0, 0.1) is 0 Å². The fourth-order valence-electron chi connectivity index (χ4n) is 2.32. The lowest BCUT2D eigenvalue weighted by Gasteiger charge is -2.18. The number of aromatic nitrogens is 3. The molecule has 0 bridgehead atoms. The molecule has 3 N–H and O–H groups in total. The van der Waals surface area contributed by atoms with Crippen LogP contribution in [0.3, 0.4) is 0 Å². The molecule has 1 unspecified atom stereocenters. The van der Waals surface area contributed by atoms with E-state index in [1.165, 1.54) is 0 Å². The molecular formula is C16H20N4O3. The molecule has 2 aromatic rings. The number of aromatic amines is 2. The number of nitrogens with one attached hydrogen (secondary N) is 3. The highest BCUT2D eigenvalue weighted by molar-refractivity contribution is 5.78. The smallest absolute Gasteiger partial charge is 0.266 e. The Labute approximate surface area is 133 Å². The quantitative estimate of drug-likeness (QED) is 0.709. The molecule has 0 aliphatic rings. The van der Waals surface area contributed by atoms with Gasteiger partial charge < -0.3 is 5.32 Å². The molecule has 0 fully saturated rings. The fraction of sp³-hybridized carbons (Fsp3) is 0.375. The van der Waals surface area contributed by atoms with Crippen molar-refractivity contribution in [3.05, 3.63) is 62.4 Å². The molecule has 0 saturated carbocycles. The second-order valence-electron chi connectivity index (χ2n) is 5.34. The predicted molar refractivity (Wildman–Crippen MR) is 86.0 cm³/mol. The summed E-state index contributed by atoms with van der Waals surface area (Å²) in [5.41, 5.74) is 0.161. The van der Waals surface area contributed by atoms with Gasteiger partial charge in [-0.2, -0.15) is 0 Å². The zero-order chi connectivity index (χ0) is 16.7. The maximum atomic E-state index is 12.2. The number of amides is 1. The van der Waals surface area contributed by atoms with E-state index >= 15 is 0 Å². The predicted octanol–water partition coefficient (Wildman–Crippen LogP) is 1.05. The van der Waals surface area contributed by atoms with E-state index in [2.05, 4.69) is 27.4 Å². The monoisotopic (exact) mass is 316 g/mol. The normalized spacial score (nSPS) is 11.9. The van der Waals surface area contributed by atoms with Gasteiger partial charge in [0.1, 0.15) is 0 Å². The average molecular weight is 316 g/mol. The molecule has 1 amide bonds. The van der Waals surface area contributed by atoms with Crippen molar-refractivity contribution in [2.24, 2.45) is 0 Å². The van der Waals surface area contributed by atoms with E-state index in [0.717, 1.165) is 30.9 Å². The molecule has 0 radical (unpaired) electrons. The molecular weight excluding hydrogens is 296 g/mol. The van der Waals surface area contributed by atoms with E-state index in [4.69, 9.17) is 0 Å². The van der Waals surface area contributed by atoms with Gasteiger partial charge in [0, 0.05) is 24.0 Å². The Morgan fingerprint density at radius 2 is 2.17 bits per heavy atom. The van der Waals surface area contributed by atoms with Gasteiger partial charge >= 0.3 is 0 Å². The number of hydrogen-bond acceptors (Lipinski definition) is 4. The molecule has 7 nitrogen and oxygen atoms in total. The Hall–Kier alpha value is -2.70. The lowest BCUT2D eigenvalue weighted by atomic mass is 10.0. The van der Waals surface area contributed by atoms with Crippen LogP contribution in [-0.4, -0.2) is 21.1 Å². The average Bonchev–Trinajstić information content (AvgIpc) is 2.55. The van der Waals surface area contributed by atoms with Crippen molar-refractivity contribution in [2.75, 3.05) is 0 Å². The van der Waals surface area contributed by atoms with Gasteiger partial charge in [-0.05, 0) is 18.1 Å². The van der Waals surface area contributed by atoms with Crippen LogP contribution in [0.5, 0.6) is 0 Å². The van der Waals surface area contributed by atoms with Gasteiger partial charge in [0.2, 0.25) is 5.91 Å². The Morgan fingerprint density at radius 1 is 1.35 bits per heavy atom. The van der Waals surface area contributed by atoms with E-state index in [9.17, 15) is 14.4 Å². The molecule has 23 heavy (non-hydrogen) atoms. The zero-order valence-electron chi connectivity index (χ0n) is 13.0. The highest BCUT2D eigenvalue weighted by Gasteiger charge is 2.16. The minimum Gasteiger partial charge on any atom is -0.349 e. The summed E-state index contributed by atoms with van der Waals surface area (Å²) in [6.45, 7) is 2.08. The Morgan fingerprint density at radius 3 is 2.87 bits per heavy atom. The van der Waals surface area contributed by atoms with Crippen LogP contribution >= 0.6 is 0 Å². The van der Waals surface area contributed by atoms with Crippen molar-refractivity contribution in [3.8, 4) is 0 Å². The molecule has 0 saturated heterocycles.